The van der Waals surface area contributed by atoms with Crippen molar-refractivity contribution in [2.75, 3.05) is 6.54 Å². The third-order valence-electron chi connectivity index (χ3n) is 5.90. The van der Waals surface area contributed by atoms with Crippen molar-refractivity contribution in [1.29, 1.82) is 0 Å². The molecule has 164 valence electrons. The second-order valence-corrected chi connectivity index (χ2v) is 8.37. The Kier molecular flexibility index (Phi) is 6.69. The van der Waals surface area contributed by atoms with E-state index in [9.17, 15) is 9.18 Å². The average Bonchev–Trinajstić information content (AvgIpc) is 3.16. The molecule has 0 spiro atoms. The topological polar surface area (TPSA) is 34.0 Å². The van der Waals surface area contributed by atoms with Gasteiger partial charge in [0, 0.05) is 42.5 Å². The molecule has 0 radical (unpaired) electrons. The van der Waals surface area contributed by atoms with E-state index in [-0.39, 0.29) is 17.6 Å². The Morgan fingerprint density at radius 1 is 1.00 bits per heavy atom. The highest BCUT2D eigenvalue weighted by molar-refractivity contribution is 5.86. The fraction of sp³-hybridized carbons (Fsp3) is 0.250. The Labute approximate surface area is 188 Å². The van der Waals surface area contributed by atoms with Gasteiger partial charge in [-0.3, -0.25) is 4.79 Å². The molecular formula is C28H29FN2O. The average molecular weight is 429 g/mol. The van der Waals surface area contributed by atoms with Gasteiger partial charge in [-0.25, -0.2) is 4.39 Å². The molecule has 1 heterocycles. The second-order valence-electron chi connectivity index (χ2n) is 8.37. The smallest absolute Gasteiger partial charge is 0.220 e. The highest BCUT2D eigenvalue weighted by Gasteiger charge is 2.23. The Morgan fingerprint density at radius 2 is 1.72 bits per heavy atom. The molecule has 3 aromatic carbocycles. The Hall–Kier alpha value is -3.40. The minimum absolute atomic E-state index is 0.0107. The highest BCUT2D eigenvalue weighted by Crippen LogP contribution is 2.35. The normalized spacial score (nSPS) is 12.1. The number of para-hydroxylation sites is 1. The van der Waals surface area contributed by atoms with Gasteiger partial charge in [0.15, 0.2) is 0 Å². The van der Waals surface area contributed by atoms with E-state index in [0.29, 0.717) is 13.0 Å². The molecule has 0 saturated heterocycles. The van der Waals surface area contributed by atoms with Crippen LogP contribution in [0.5, 0.6) is 0 Å². The summed E-state index contributed by atoms with van der Waals surface area (Å²) in [5.41, 5.74) is 5.62. The number of halogens is 1. The molecule has 0 aliphatic heterocycles. The number of aromatic nitrogens is 1. The molecule has 0 aliphatic rings. The lowest BCUT2D eigenvalue weighted by Gasteiger charge is -2.17. The minimum atomic E-state index is -0.273. The zero-order valence-corrected chi connectivity index (χ0v) is 18.6. The third-order valence-corrected chi connectivity index (χ3v) is 5.90. The summed E-state index contributed by atoms with van der Waals surface area (Å²) in [7, 11) is 0. The largest absolute Gasteiger partial charge is 0.356 e. The lowest BCUT2D eigenvalue weighted by atomic mass is 9.88. The minimum Gasteiger partial charge on any atom is -0.356 e. The van der Waals surface area contributed by atoms with Crippen LogP contribution in [0, 0.1) is 12.7 Å². The van der Waals surface area contributed by atoms with E-state index < -0.39 is 0 Å². The summed E-state index contributed by atoms with van der Waals surface area (Å²) in [4.78, 5) is 12.7. The fourth-order valence-electron chi connectivity index (χ4n) is 4.20. The van der Waals surface area contributed by atoms with E-state index in [0.717, 1.165) is 35.0 Å². The van der Waals surface area contributed by atoms with Crippen LogP contribution in [0.4, 0.5) is 4.39 Å². The maximum Gasteiger partial charge on any atom is 0.220 e. The van der Waals surface area contributed by atoms with Gasteiger partial charge in [0.25, 0.3) is 0 Å². The Bertz CT molecular complexity index is 1190. The van der Waals surface area contributed by atoms with Crippen molar-refractivity contribution in [3.05, 3.63) is 107 Å². The van der Waals surface area contributed by atoms with Gasteiger partial charge in [-0.15, -0.1) is 0 Å². The first-order chi connectivity index (χ1) is 15.5. The van der Waals surface area contributed by atoms with Crippen molar-refractivity contribution in [3.63, 3.8) is 0 Å². The summed E-state index contributed by atoms with van der Waals surface area (Å²) in [6, 6.07) is 23.4. The van der Waals surface area contributed by atoms with Crippen LogP contribution < -0.4 is 5.32 Å². The number of benzene rings is 3. The number of aryl methyl sites for hydroxylation is 1. The van der Waals surface area contributed by atoms with Crippen LogP contribution >= 0.6 is 0 Å². The number of nitrogens with one attached hydrogen (secondary N) is 1. The molecule has 0 unspecified atom stereocenters. The van der Waals surface area contributed by atoms with Crippen molar-refractivity contribution >= 4 is 16.8 Å². The Balaban J connectivity index is 1.76. The first-order valence-corrected chi connectivity index (χ1v) is 11.2. The van der Waals surface area contributed by atoms with Crippen molar-refractivity contribution in [3.8, 4) is 0 Å². The number of hydrogen-bond donors (Lipinski definition) is 1. The van der Waals surface area contributed by atoms with Crippen molar-refractivity contribution in [2.24, 2.45) is 0 Å². The number of fused-ring (bicyclic) bond motifs is 1. The van der Waals surface area contributed by atoms with Crippen molar-refractivity contribution in [2.45, 2.75) is 39.2 Å². The zero-order valence-electron chi connectivity index (χ0n) is 18.6. The van der Waals surface area contributed by atoms with Crippen LogP contribution in [0.2, 0.25) is 0 Å². The van der Waals surface area contributed by atoms with Gasteiger partial charge in [0.2, 0.25) is 5.91 Å². The first kappa shape index (κ1) is 21.8. The summed E-state index contributed by atoms with van der Waals surface area (Å²) in [5, 5.41) is 4.12. The monoisotopic (exact) mass is 428 g/mol. The van der Waals surface area contributed by atoms with Crippen molar-refractivity contribution < 1.29 is 9.18 Å². The summed E-state index contributed by atoms with van der Waals surface area (Å²) >= 11 is 0. The standard InChI is InChI=1S/C28H29FN2O/c1-3-16-30-28(32)17-25(22-12-14-23(29)15-13-22)26-19-31(27-7-5-4-6-24(26)27)18-21-10-8-20(2)9-11-21/h4-15,19,25H,3,16-18H2,1-2H3,(H,30,32)/t25-/m1/s1. The molecule has 3 nitrogen and oxygen atoms in total. The molecule has 1 amide bonds. The van der Waals surface area contributed by atoms with Gasteiger partial charge >= 0.3 is 0 Å². The van der Waals surface area contributed by atoms with E-state index in [1.807, 2.05) is 19.1 Å². The van der Waals surface area contributed by atoms with Gasteiger partial charge in [0.1, 0.15) is 5.82 Å². The number of nitrogens with zero attached hydrogens (tertiary/aromatic N) is 1. The SMILES string of the molecule is CCCNC(=O)C[C@H](c1ccc(F)cc1)c1cn(Cc2ccc(C)cc2)c2ccccc12. The molecule has 1 atom stereocenters. The summed E-state index contributed by atoms with van der Waals surface area (Å²) < 4.78 is 15.9. The molecule has 0 saturated carbocycles. The quantitative estimate of drug-likeness (QED) is 0.357. The van der Waals surface area contributed by atoms with Crippen LogP contribution in [0.25, 0.3) is 10.9 Å². The van der Waals surface area contributed by atoms with E-state index in [1.165, 1.54) is 23.3 Å². The van der Waals surface area contributed by atoms with E-state index in [1.54, 1.807) is 12.1 Å². The molecule has 0 fully saturated rings. The molecular weight excluding hydrogens is 399 g/mol. The predicted molar refractivity (Wildman–Crippen MR) is 128 cm³/mol. The lowest BCUT2D eigenvalue weighted by Crippen LogP contribution is -2.26. The molecule has 32 heavy (non-hydrogen) atoms. The number of amides is 1. The van der Waals surface area contributed by atoms with Crippen LogP contribution in [-0.4, -0.2) is 17.0 Å². The van der Waals surface area contributed by atoms with Gasteiger partial charge in [-0.05, 0) is 48.2 Å². The van der Waals surface area contributed by atoms with E-state index >= 15 is 0 Å². The fourth-order valence-corrected chi connectivity index (χ4v) is 4.20. The van der Waals surface area contributed by atoms with Crippen molar-refractivity contribution in [1.82, 2.24) is 9.88 Å². The number of hydrogen-bond acceptors (Lipinski definition) is 1. The van der Waals surface area contributed by atoms with Gasteiger partial charge in [-0.1, -0.05) is 67.1 Å². The van der Waals surface area contributed by atoms with Gasteiger partial charge in [0.05, 0.1) is 0 Å². The molecule has 0 aliphatic carbocycles. The number of rotatable bonds is 8. The predicted octanol–water partition coefficient (Wildman–Crippen LogP) is 6.19. The third kappa shape index (κ3) is 4.91. The molecule has 4 rings (SSSR count). The number of carbonyl (C=O) groups excluding carboxylic acids is 1. The van der Waals surface area contributed by atoms with Gasteiger partial charge in [-0.2, -0.15) is 0 Å². The molecule has 1 N–H and O–H groups in total. The number of carbonyl (C=O) groups is 1. The zero-order chi connectivity index (χ0) is 22.5. The van der Waals surface area contributed by atoms with Crippen LogP contribution in [0.3, 0.4) is 0 Å². The molecule has 1 aromatic heterocycles. The maximum absolute atomic E-state index is 13.6. The highest BCUT2D eigenvalue weighted by atomic mass is 19.1. The summed E-state index contributed by atoms with van der Waals surface area (Å²) in [6.07, 6.45) is 3.37. The first-order valence-electron chi connectivity index (χ1n) is 11.2. The maximum atomic E-state index is 13.6. The summed E-state index contributed by atoms with van der Waals surface area (Å²) in [6.45, 7) is 5.53. The molecule has 4 heteroatoms. The van der Waals surface area contributed by atoms with Gasteiger partial charge < -0.3 is 9.88 Å². The Morgan fingerprint density at radius 3 is 2.44 bits per heavy atom. The van der Waals surface area contributed by atoms with Crippen LogP contribution in [0.15, 0.2) is 79.0 Å². The van der Waals surface area contributed by atoms with E-state index in [4.69, 9.17) is 0 Å². The summed E-state index contributed by atoms with van der Waals surface area (Å²) in [5.74, 6) is -0.419. The molecule has 4 aromatic rings. The second kappa shape index (κ2) is 9.82. The van der Waals surface area contributed by atoms with Crippen LogP contribution in [0.1, 0.15) is 47.9 Å². The lowest BCUT2D eigenvalue weighted by molar-refractivity contribution is -0.121. The molecule has 0 bridgehead atoms. The van der Waals surface area contributed by atoms with Crippen LogP contribution in [-0.2, 0) is 11.3 Å². The van der Waals surface area contributed by atoms with E-state index in [2.05, 4.69) is 59.4 Å².